The lowest BCUT2D eigenvalue weighted by atomic mass is 9.87. The Hall–Kier alpha value is -2.89. The number of halogens is 4. The van der Waals surface area contributed by atoms with Crippen molar-refractivity contribution in [1.82, 2.24) is 19.3 Å². The van der Waals surface area contributed by atoms with E-state index in [1.165, 1.54) is 29.1 Å². The number of anilines is 1. The van der Waals surface area contributed by atoms with Crippen molar-refractivity contribution in [1.29, 1.82) is 0 Å². The molecule has 2 aromatic heterocycles. The molecule has 0 spiro atoms. The third kappa shape index (κ3) is 4.94. The van der Waals surface area contributed by atoms with Crippen molar-refractivity contribution in [3.05, 3.63) is 64.2 Å². The second-order valence-electron chi connectivity index (χ2n) is 10.6. The summed E-state index contributed by atoms with van der Waals surface area (Å²) < 4.78 is 43.9. The Bertz CT molecular complexity index is 1340. The average molecular weight is 552 g/mol. The number of nitrogens with one attached hydrogen (secondary N) is 1. The number of carbonyl (C=O) groups is 1. The van der Waals surface area contributed by atoms with Crippen LogP contribution >= 0.6 is 11.6 Å². The third-order valence-electron chi connectivity index (χ3n) is 7.74. The zero-order valence-electron chi connectivity index (χ0n) is 20.9. The Balaban J connectivity index is 1.33. The molecule has 5 rings (SSSR count). The highest BCUT2D eigenvalue weighted by Crippen LogP contribution is 2.57. The third-order valence-corrected chi connectivity index (χ3v) is 8.02. The number of imidazole rings is 1. The van der Waals surface area contributed by atoms with E-state index >= 15 is 0 Å². The summed E-state index contributed by atoms with van der Waals surface area (Å²) >= 11 is 5.84. The lowest BCUT2D eigenvalue weighted by Gasteiger charge is -2.25. The molecule has 0 bridgehead atoms. The number of benzene rings is 1. The van der Waals surface area contributed by atoms with Crippen molar-refractivity contribution < 1.29 is 28.2 Å². The van der Waals surface area contributed by atoms with Gasteiger partial charge in [-0.05, 0) is 62.6 Å². The molecule has 0 aliphatic heterocycles. The van der Waals surface area contributed by atoms with Crippen LogP contribution in [0.15, 0.2) is 30.7 Å². The summed E-state index contributed by atoms with van der Waals surface area (Å²) in [5, 5.41) is 27.7. The van der Waals surface area contributed by atoms with Crippen LogP contribution in [0.5, 0.6) is 0 Å². The summed E-state index contributed by atoms with van der Waals surface area (Å²) in [5.41, 5.74) is -0.397. The maximum Gasteiger partial charge on any atom is 0.282 e. The first-order chi connectivity index (χ1) is 17.9. The number of carbonyl (C=O) groups excluding carboxylic acids is 1. The van der Waals surface area contributed by atoms with E-state index in [2.05, 4.69) is 15.4 Å². The lowest BCUT2D eigenvalue weighted by molar-refractivity contribution is 0.0290. The first-order valence-corrected chi connectivity index (χ1v) is 12.9. The summed E-state index contributed by atoms with van der Waals surface area (Å²) in [4.78, 5) is 17.6. The molecule has 2 aliphatic carbocycles. The molecule has 2 saturated carbocycles. The first kappa shape index (κ1) is 26.7. The molecule has 1 aromatic carbocycles. The van der Waals surface area contributed by atoms with Gasteiger partial charge in [0.1, 0.15) is 17.2 Å². The van der Waals surface area contributed by atoms with Gasteiger partial charge in [-0.3, -0.25) is 9.48 Å². The van der Waals surface area contributed by atoms with Gasteiger partial charge in [0, 0.05) is 30.4 Å². The van der Waals surface area contributed by atoms with Crippen molar-refractivity contribution >= 4 is 23.2 Å². The molecule has 3 unspecified atom stereocenters. The minimum Gasteiger partial charge on any atom is -0.391 e. The average Bonchev–Trinajstić information content (AvgIpc) is 3.57. The molecule has 0 radical (unpaired) electrons. The summed E-state index contributed by atoms with van der Waals surface area (Å²) in [6, 6.07) is 3.94. The van der Waals surface area contributed by atoms with Crippen LogP contribution in [0, 0.1) is 17.7 Å². The Kier molecular flexibility index (Phi) is 7.04. The van der Waals surface area contributed by atoms with Gasteiger partial charge >= 0.3 is 0 Å². The van der Waals surface area contributed by atoms with Crippen molar-refractivity contribution in [2.75, 3.05) is 5.32 Å². The number of aliphatic hydroxyl groups excluding tert-OH is 1. The van der Waals surface area contributed by atoms with Gasteiger partial charge in [0.15, 0.2) is 0 Å². The van der Waals surface area contributed by atoms with Crippen LogP contribution < -0.4 is 5.32 Å². The Morgan fingerprint density at radius 2 is 1.97 bits per heavy atom. The first-order valence-electron chi connectivity index (χ1n) is 12.5. The summed E-state index contributed by atoms with van der Waals surface area (Å²) in [6.07, 6.45) is 1.29. The lowest BCUT2D eigenvalue weighted by Crippen LogP contribution is -2.24. The zero-order valence-corrected chi connectivity index (χ0v) is 21.7. The number of amides is 1. The molecule has 3 aromatic rings. The molecule has 204 valence electrons. The Labute approximate surface area is 222 Å². The van der Waals surface area contributed by atoms with E-state index < -0.39 is 35.5 Å². The number of fused-ring (bicyclic) bond motifs is 1. The minimum atomic E-state index is -2.84. The summed E-state index contributed by atoms with van der Waals surface area (Å²) in [5.74, 6) is -0.905. The normalized spacial score (nSPS) is 25.7. The van der Waals surface area contributed by atoms with E-state index in [1.54, 1.807) is 24.9 Å². The number of nitrogens with zero attached hydrogens (tertiary/aromatic N) is 4. The van der Waals surface area contributed by atoms with E-state index in [9.17, 15) is 28.2 Å². The molecule has 2 heterocycles. The molecule has 3 N–H and O–H groups in total. The summed E-state index contributed by atoms with van der Waals surface area (Å²) in [7, 11) is 1.72. The fourth-order valence-corrected chi connectivity index (χ4v) is 6.39. The van der Waals surface area contributed by atoms with E-state index in [0.717, 1.165) is 0 Å². The monoisotopic (exact) mass is 551 g/mol. The van der Waals surface area contributed by atoms with Crippen molar-refractivity contribution in [2.45, 2.75) is 63.2 Å². The Morgan fingerprint density at radius 3 is 2.58 bits per heavy atom. The standard InChI is InChI=1S/C26H29ClF3N5O3/c1-13(36)10-35-11-18(22(33-35)24(29)30)26(38)8-15-5-14(6-16(15)9-26)21-23(34(2)12-31-21)25(37)32-17-3-4-20(28)19(27)7-17/h3-4,7,11-16,24,36,38H,5-6,8-10H2,1-2H3,(H,32,37). The molecule has 2 aliphatic rings. The number of hydrogen-bond donors (Lipinski definition) is 3. The number of rotatable bonds is 7. The van der Waals surface area contributed by atoms with E-state index in [4.69, 9.17) is 11.6 Å². The van der Waals surface area contributed by atoms with E-state index in [-0.39, 0.29) is 34.9 Å². The molecule has 12 heteroatoms. The van der Waals surface area contributed by atoms with Gasteiger partial charge in [0.25, 0.3) is 12.3 Å². The number of alkyl halides is 2. The van der Waals surface area contributed by atoms with E-state index in [1.807, 2.05) is 0 Å². The van der Waals surface area contributed by atoms with Gasteiger partial charge in [-0.2, -0.15) is 5.10 Å². The topological polar surface area (TPSA) is 105 Å². The van der Waals surface area contributed by atoms with Crippen LogP contribution in [0.1, 0.15) is 72.4 Å². The van der Waals surface area contributed by atoms with Crippen molar-refractivity contribution in [3.63, 3.8) is 0 Å². The Morgan fingerprint density at radius 1 is 1.29 bits per heavy atom. The number of aromatic nitrogens is 4. The highest BCUT2D eigenvalue weighted by molar-refractivity contribution is 6.31. The molecule has 2 fully saturated rings. The van der Waals surface area contributed by atoms with Crippen molar-refractivity contribution in [3.8, 4) is 0 Å². The van der Waals surface area contributed by atoms with Crippen LogP contribution in [0.2, 0.25) is 5.02 Å². The molecule has 3 atom stereocenters. The predicted molar refractivity (Wildman–Crippen MR) is 134 cm³/mol. The quantitative estimate of drug-likeness (QED) is 0.392. The second-order valence-corrected chi connectivity index (χ2v) is 11.0. The molecular formula is C26H29ClF3N5O3. The van der Waals surface area contributed by atoms with Crippen molar-refractivity contribution in [2.24, 2.45) is 18.9 Å². The molecule has 38 heavy (non-hydrogen) atoms. The predicted octanol–water partition coefficient (Wildman–Crippen LogP) is 4.77. The largest absolute Gasteiger partial charge is 0.391 e. The van der Waals surface area contributed by atoms with Gasteiger partial charge < -0.3 is 20.1 Å². The minimum absolute atomic E-state index is 0.0409. The maximum atomic E-state index is 13.8. The maximum absolute atomic E-state index is 13.8. The van der Waals surface area contributed by atoms with Gasteiger partial charge in [-0.25, -0.2) is 18.2 Å². The fraction of sp³-hybridized carbons (Fsp3) is 0.500. The van der Waals surface area contributed by atoms with Crippen LogP contribution in [0.4, 0.5) is 18.9 Å². The molecule has 0 saturated heterocycles. The van der Waals surface area contributed by atoms with Gasteiger partial charge in [-0.15, -0.1) is 0 Å². The molecular weight excluding hydrogens is 523 g/mol. The van der Waals surface area contributed by atoms with E-state index in [0.29, 0.717) is 42.8 Å². The highest BCUT2D eigenvalue weighted by Gasteiger charge is 2.52. The van der Waals surface area contributed by atoms with Gasteiger partial charge in [0.2, 0.25) is 0 Å². The smallest absolute Gasteiger partial charge is 0.282 e. The number of hydrogen-bond acceptors (Lipinski definition) is 5. The number of aliphatic hydroxyl groups is 2. The SMILES string of the molecule is CC(O)Cn1cc(C2(O)CC3CC(c4ncn(C)c4C(=O)Nc4ccc(F)c(Cl)c4)CC3C2)c(C(F)F)n1. The molecule has 8 nitrogen and oxygen atoms in total. The summed E-state index contributed by atoms with van der Waals surface area (Å²) in [6.45, 7) is 1.60. The molecule has 1 amide bonds. The van der Waals surface area contributed by atoms with Gasteiger partial charge in [0.05, 0.1) is 35.3 Å². The highest BCUT2D eigenvalue weighted by atomic mass is 35.5. The van der Waals surface area contributed by atoms with Gasteiger partial charge in [-0.1, -0.05) is 11.6 Å². The van der Waals surface area contributed by atoms with Crippen LogP contribution in [-0.4, -0.2) is 41.6 Å². The number of aryl methyl sites for hydroxylation is 1. The van der Waals surface area contributed by atoms with Crippen LogP contribution in [0.25, 0.3) is 0 Å². The van der Waals surface area contributed by atoms with Crippen LogP contribution in [0.3, 0.4) is 0 Å². The second kappa shape index (κ2) is 10.0. The fourth-order valence-electron chi connectivity index (χ4n) is 6.21. The zero-order chi connectivity index (χ0) is 27.4. The van der Waals surface area contributed by atoms with Crippen LogP contribution in [-0.2, 0) is 19.2 Å².